The van der Waals surface area contributed by atoms with Crippen molar-refractivity contribution >= 4 is 38.9 Å². The molecule has 4 nitrogen and oxygen atoms in total. The summed E-state index contributed by atoms with van der Waals surface area (Å²) >= 11 is 10.1. The Morgan fingerprint density at radius 3 is 2.50 bits per heavy atom. The van der Waals surface area contributed by atoms with Crippen LogP contribution in [0.3, 0.4) is 0 Å². The van der Waals surface area contributed by atoms with Crippen molar-refractivity contribution in [1.29, 1.82) is 0 Å². The van der Waals surface area contributed by atoms with Gasteiger partial charge in [0.05, 0.1) is 29.4 Å². The molecule has 0 spiro atoms. The highest BCUT2D eigenvalue weighted by atomic mass is 79.9. The van der Waals surface area contributed by atoms with E-state index in [1.807, 2.05) is 18.2 Å². The minimum Gasteiger partial charge on any atom is -0.493 e. The molecule has 0 amide bonds. The van der Waals surface area contributed by atoms with Gasteiger partial charge in [-0.1, -0.05) is 11.6 Å². The molecule has 140 valence electrons. The summed E-state index contributed by atoms with van der Waals surface area (Å²) in [4.78, 5) is 2.38. The number of ether oxygens (including phenoxy) is 2. The van der Waals surface area contributed by atoms with Crippen molar-refractivity contribution in [2.75, 3.05) is 37.5 Å². The molecule has 26 heavy (non-hydrogen) atoms. The maximum atomic E-state index is 6.53. The molecule has 1 aliphatic rings. The lowest BCUT2D eigenvalue weighted by atomic mass is 10.1. The van der Waals surface area contributed by atoms with Gasteiger partial charge in [-0.15, -0.1) is 0 Å². The maximum absolute atomic E-state index is 6.53. The Kier molecular flexibility index (Phi) is 6.54. The van der Waals surface area contributed by atoms with Gasteiger partial charge in [-0.2, -0.15) is 0 Å². The van der Waals surface area contributed by atoms with Gasteiger partial charge < -0.3 is 19.7 Å². The van der Waals surface area contributed by atoms with Crippen LogP contribution in [-0.4, -0.2) is 27.3 Å². The lowest BCUT2D eigenvalue weighted by molar-refractivity contribution is 0.352. The third-order valence-corrected chi connectivity index (χ3v) is 5.53. The second-order valence-corrected chi connectivity index (χ2v) is 7.64. The van der Waals surface area contributed by atoms with Gasteiger partial charge in [0.25, 0.3) is 0 Å². The molecule has 0 aromatic heterocycles. The normalized spacial score (nSPS) is 14.2. The van der Waals surface area contributed by atoms with Crippen LogP contribution >= 0.6 is 27.5 Å². The molecule has 0 radical (unpaired) electrons. The summed E-state index contributed by atoms with van der Waals surface area (Å²) < 4.78 is 11.6. The number of hydrogen-bond acceptors (Lipinski definition) is 4. The predicted molar refractivity (Wildman–Crippen MR) is 112 cm³/mol. The van der Waals surface area contributed by atoms with Gasteiger partial charge in [0, 0.05) is 25.3 Å². The highest BCUT2D eigenvalue weighted by Gasteiger charge is 2.14. The number of halogens is 2. The van der Waals surface area contributed by atoms with Crippen LogP contribution < -0.4 is 19.7 Å². The molecule has 2 aromatic carbocycles. The van der Waals surface area contributed by atoms with Gasteiger partial charge in [-0.3, -0.25) is 0 Å². The van der Waals surface area contributed by atoms with E-state index in [1.54, 1.807) is 14.2 Å². The molecule has 1 heterocycles. The van der Waals surface area contributed by atoms with Crippen molar-refractivity contribution < 1.29 is 9.47 Å². The van der Waals surface area contributed by atoms with E-state index in [4.69, 9.17) is 21.1 Å². The zero-order valence-electron chi connectivity index (χ0n) is 15.1. The van der Waals surface area contributed by atoms with Crippen molar-refractivity contribution in [3.8, 4) is 11.5 Å². The fourth-order valence-corrected chi connectivity index (χ4v) is 4.24. The molecular formula is C20H24BrClN2O2. The summed E-state index contributed by atoms with van der Waals surface area (Å²) in [6.45, 7) is 2.84. The molecule has 0 unspecified atom stereocenters. The third kappa shape index (κ3) is 4.38. The Bertz CT molecular complexity index is 764. The largest absolute Gasteiger partial charge is 0.493 e. The minimum atomic E-state index is 0.665. The number of benzene rings is 2. The molecule has 6 heteroatoms. The average Bonchev–Trinajstić information content (AvgIpc) is 2.66. The number of piperidine rings is 1. The van der Waals surface area contributed by atoms with Crippen LogP contribution in [0.2, 0.25) is 5.02 Å². The highest BCUT2D eigenvalue weighted by Crippen LogP contribution is 2.36. The van der Waals surface area contributed by atoms with Crippen LogP contribution in [0.4, 0.5) is 11.4 Å². The first-order valence-electron chi connectivity index (χ1n) is 8.81. The first-order chi connectivity index (χ1) is 12.6. The van der Waals surface area contributed by atoms with Crippen LogP contribution in [0.5, 0.6) is 11.5 Å². The summed E-state index contributed by atoms with van der Waals surface area (Å²) in [7, 11) is 3.27. The van der Waals surface area contributed by atoms with E-state index in [2.05, 4.69) is 38.3 Å². The fraction of sp³-hybridized carbons (Fsp3) is 0.400. The van der Waals surface area contributed by atoms with E-state index >= 15 is 0 Å². The zero-order chi connectivity index (χ0) is 18.5. The zero-order valence-corrected chi connectivity index (χ0v) is 17.5. The Morgan fingerprint density at radius 1 is 1.08 bits per heavy atom. The highest BCUT2D eigenvalue weighted by molar-refractivity contribution is 9.10. The van der Waals surface area contributed by atoms with E-state index in [-0.39, 0.29) is 0 Å². The van der Waals surface area contributed by atoms with E-state index in [0.717, 1.165) is 39.5 Å². The molecule has 3 rings (SSSR count). The lowest BCUT2D eigenvalue weighted by Crippen LogP contribution is -2.29. The predicted octanol–water partition coefficient (Wildman–Crippen LogP) is 5.72. The first kappa shape index (κ1) is 19.2. The van der Waals surface area contributed by atoms with Crippen LogP contribution in [0, 0.1) is 0 Å². The van der Waals surface area contributed by atoms with Gasteiger partial charge in [0.15, 0.2) is 11.5 Å². The smallest absolute Gasteiger partial charge is 0.174 e. The van der Waals surface area contributed by atoms with Crippen molar-refractivity contribution in [2.45, 2.75) is 25.8 Å². The standard InChI is InChI=1S/C20H24BrClN2O2/c1-25-19-11-14(10-16(21)20(19)26-2)13-23-15-6-7-18(17(22)12-15)24-8-4-3-5-9-24/h6-7,10-12,23H,3-5,8-9,13H2,1-2H3. The monoisotopic (exact) mass is 438 g/mol. The number of hydrogen-bond donors (Lipinski definition) is 1. The molecule has 1 N–H and O–H groups in total. The van der Waals surface area contributed by atoms with Gasteiger partial charge in [0.1, 0.15) is 0 Å². The SMILES string of the molecule is COc1cc(CNc2ccc(N3CCCCC3)c(Cl)c2)cc(Br)c1OC. The Hall–Kier alpha value is -1.59. The van der Waals surface area contributed by atoms with E-state index in [1.165, 1.54) is 19.3 Å². The molecule has 1 saturated heterocycles. The number of rotatable bonds is 6. The summed E-state index contributed by atoms with van der Waals surface area (Å²) in [5, 5.41) is 4.22. The molecule has 0 aliphatic carbocycles. The summed E-state index contributed by atoms with van der Waals surface area (Å²) in [6, 6.07) is 10.2. The number of anilines is 2. The number of nitrogens with zero attached hydrogens (tertiary/aromatic N) is 1. The van der Waals surface area contributed by atoms with Crippen LogP contribution in [0.25, 0.3) is 0 Å². The van der Waals surface area contributed by atoms with E-state index < -0.39 is 0 Å². The Balaban J connectivity index is 1.70. The Labute approximate surface area is 168 Å². The molecule has 1 fully saturated rings. The second-order valence-electron chi connectivity index (χ2n) is 6.38. The van der Waals surface area contributed by atoms with Crippen molar-refractivity contribution in [1.82, 2.24) is 0 Å². The second kappa shape index (κ2) is 8.87. The van der Waals surface area contributed by atoms with Crippen molar-refractivity contribution in [3.63, 3.8) is 0 Å². The van der Waals surface area contributed by atoms with Crippen molar-refractivity contribution in [3.05, 3.63) is 45.4 Å². The van der Waals surface area contributed by atoms with Crippen LogP contribution in [0.1, 0.15) is 24.8 Å². The fourth-order valence-electron chi connectivity index (χ4n) is 3.29. The van der Waals surface area contributed by atoms with Gasteiger partial charge >= 0.3 is 0 Å². The molecule has 0 atom stereocenters. The topological polar surface area (TPSA) is 33.7 Å². The summed E-state index contributed by atoms with van der Waals surface area (Å²) in [5.41, 5.74) is 3.22. The quantitative estimate of drug-likeness (QED) is 0.624. The first-order valence-corrected chi connectivity index (χ1v) is 9.98. The third-order valence-electron chi connectivity index (χ3n) is 4.63. The lowest BCUT2D eigenvalue weighted by Gasteiger charge is -2.29. The summed E-state index contributed by atoms with van der Waals surface area (Å²) in [6.07, 6.45) is 3.80. The maximum Gasteiger partial charge on any atom is 0.174 e. The number of methoxy groups -OCH3 is 2. The van der Waals surface area contributed by atoms with E-state index in [0.29, 0.717) is 18.0 Å². The number of nitrogens with one attached hydrogen (secondary N) is 1. The van der Waals surface area contributed by atoms with Crippen LogP contribution in [-0.2, 0) is 6.54 Å². The molecular weight excluding hydrogens is 416 g/mol. The summed E-state index contributed by atoms with van der Waals surface area (Å²) in [5.74, 6) is 1.40. The van der Waals surface area contributed by atoms with Gasteiger partial charge in [-0.25, -0.2) is 0 Å². The van der Waals surface area contributed by atoms with Crippen LogP contribution in [0.15, 0.2) is 34.8 Å². The molecule has 0 saturated carbocycles. The molecule has 1 aliphatic heterocycles. The van der Waals surface area contributed by atoms with E-state index in [9.17, 15) is 0 Å². The Morgan fingerprint density at radius 2 is 1.85 bits per heavy atom. The average molecular weight is 440 g/mol. The molecule has 2 aromatic rings. The van der Waals surface area contributed by atoms with Crippen molar-refractivity contribution in [2.24, 2.45) is 0 Å². The molecule has 0 bridgehead atoms. The van der Waals surface area contributed by atoms with Gasteiger partial charge in [0.2, 0.25) is 0 Å². The minimum absolute atomic E-state index is 0.665. The van der Waals surface area contributed by atoms with Gasteiger partial charge in [-0.05, 0) is 71.1 Å².